The van der Waals surface area contributed by atoms with Crippen LogP contribution in [0.3, 0.4) is 0 Å². The van der Waals surface area contributed by atoms with Crippen LogP contribution in [0.5, 0.6) is 0 Å². The zero-order chi connectivity index (χ0) is 13.4. The monoisotopic (exact) mass is 402 g/mol. The third-order valence-electron chi connectivity index (χ3n) is 2.50. The Kier molecular flexibility index (Phi) is 32.1. The second kappa shape index (κ2) is 23.6. The van der Waals surface area contributed by atoms with Crippen LogP contribution >= 0.6 is 0 Å². The van der Waals surface area contributed by atoms with Gasteiger partial charge in [0.2, 0.25) is 0 Å². The van der Waals surface area contributed by atoms with Crippen LogP contribution in [0.2, 0.25) is 0 Å². The molecular formula is C12H28BLaO3S-. The summed E-state index contributed by atoms with van der Waals surface area (Å²) >= 11 is 4.90. The first-order chi connectivity index (χ1) is 8.15. The van der Waals surface area contributed by atoms with Crippen molar-refractivity contribution in [2.75, 3.05) is 5.75 Å². The fourth-order valence-electron chi connectivity index (χ4n) is 1.59. The van der Waals surface area contributed by atoms with E-state index in [1.54, 1.807) is 0 Å². The van der Waals surface area contributed by atoms with Crippen molar-refractivity contribution >= 4 is 20.0 Å². The summed E-state index contributed by atoms with van der Waals surface area (Å²) in [6.45, 7) is 2.27. The van der Waals surface area contributed by atoms with Crippen molar-refractivity contribution in [1.29, 1.82) is 0 Å². The maximum absolute atomic E-state index is 7.17. The molecule has 1 radical (unpaired) electrons. The maximum Gasteiger partial charge on any atom is 0.631 e. The van der Waals surface area contributed by atoms with Crippen molar-refractivity contribution in [3.05, 3.63) is 0 Å². The average molecular weight is 402 g/mol. The van der Waals surface area contributed by atoms with Crippen LogP contribution in [0.25, 0.3) is 0 Å². The van der Waals surface area contributed by atoms with Gasteiger partial charge < -0.3 is 27.7 Å². The number of unbranched alkanes of at least 4 members (excludes halogenated alkanes) is 9. The van der Waals surface area contributed by atoms with Gasteiger partial charge in [-0.25, -0.2) is 0 Å². The van der Waals surface area contributed by atoms with E-state index in [4.69, 9.17) is 27.7 Å². The third kappa shape index (κ3) is 36.0. The van der Waals surface area contributed by atoms with Gasteiger partial charge in [-0.05, 0) is 0 Å². The van der Waals surface area contributed by atoms with Gasteiger partial charge in [0.15, 0.2) is 0 Å². The topological polar surface area (TPSA) is 60.7 Å². The molecule has 0 aliphatic rings. The normalized spacial score (nSPS) is 9.17. The summed E-state index contributed by atoms with van der Waals surface area (Å²) in [4.78, 5) is 0. The molecule has 0 aromatic carbocycles. The number of hydrogen-bond donors (Lipinski definition) is 3. The first-order valence-corrected chi connectivity index (χ1v) is 7.35. The van der Waals surface area contributed by atoms with Gasteiger partial charge in [-0.15, -0.1) is 0 Å². The van der Waals surface area contributed by atoms with Crippen LogP contribution in [0.4, 0.5) is 0 Å². The molecule has 0 saturated carbocycles. The van der Waals surface area contributed by atoms with Gasteiger partial charge in [0.05, 0.1) is 0 Å². The average Bonchev–Trinajstić information content (AvgIpc) is 2.26. The van der Waals surface area contributed by atoms with Crippen LogP contribution in [0.1, 0.15) is 71.1 Å². The molecule has 0 atom stereocenters. The third-order valence-corrected chi connectivity index (χ3v) is 2.79. The molecule has 0 heterocycles. The predicted octanol–water partition coefficient (Wildman–Crippen LogP) is 2.40. The first-order valence-electron chi connectivity index (χ1n) is 6.77. The Morgan fingerprint density at radius 1 is 0.722 bits per heavy atom. The molecule has 0 rings (SSSR count). The summed E-state index contributed by atoms with van der Waals surface area (Å²) in [5.74, 6) is 0.955. The fourth-order valence-corrected chi connectivity index (χ4v) is 1.79. The van der Waals surface area contributed by atoms with Crippen LogP contribution in [-0.4, -0.2) is 28.1 Å². The molecule has 0 amide bonds. The molecule has 0 aliphatic carbocycles. The molecule has 0 fully saturated rings. The molecule has 6 heteroatoms. The molecule has 0 bridgehead atoms. The minimum atomic E-state index is -2.17. The second-order valence-corrected chi connectivity index (χ2v) is 4.64. The summed E-state index contributed by atoms with van der Waals surface area (Å²) in [6, 6.07) is 0. The largest absolute Gasteiger partial charge is 0.793 e. The van der Waals surface area contributed by atoms with E-state index in [1.807, 2.05) is 0 Å². The van der Waals surface area contributed by atoms with Gasteiger partial charge in [0.25, 0.3) is 0 Å². The van der Waals surface area contributed by atoms with Gasteiger partial charge in [-0.2, -0.15) is 5.75 Å². The van der Waals surface area contributed by atoms with Crippen molar-refractivity contribution < 1.29 is 50.7 Å². The van der Waals surface area contributed by atoms with E-state index >= 15 is 0 Å². The fraction of sp³-hybridized carbons (Fsp3) is 1.00. The molecule has 0 aliphatic heterocycles. The van der Waals surface area contributed by atoms with Gasteiger partial charge in [-0.3, -0.25) is 0 Å². The van der Waals surface area contributed by atoms with E-state index in [0.717, 1.165) is 5.75 Å². The van der Waals surface area contributed by atoms with Crippen LogP contribution in [0, 0.1) is 35.6 Å². The quantitative estimate of drug-likeness (QED) is 0.299. The maximum atomic E-state index is 7.17. The summed E-state index contributed by atoms with van der Waals surface area (Å²) < 4.78 is 0. The van der Waals surface area contributed by atoms with Crippen LogP contribution < -0.4 is 0 Å². The van der Waals surface area contributed by atoms with Crippen molar-refractivity contribution in [1.82, 2.24) is 0 Å². The standard InChI is InChI=1S/C12H26S.BH3O3.La/c1-2-3-4-5-6-7-8-9-10-11-12-13;2-1(3)4;/h13H,2-12H2,1H3;2-4H;/p-1. The number of hydrogen-bond acceptors (Lipinski definition) is 4. The number of rotatable bonds is 10. The van der Waals surface area contributed by atoms with Gasteiger partial charge in [0, 0.05) is 35.6 Å². The first kappa shape index (κ1) is 24.5. The molecule has 3 N–H and O–H groups in total. The van der Waals surface area contributed by atoms with Crippen molar-refractivity contribution in [2.24, 2.45) is 0 Å². The Labute approximate surface area is 146 Å². The zero-order valence-corrected chi connectivity index (χ0v) is 16.1. The van der Waals surface area contributed by atoms with Gasteiger partial charge >= 0.3 is 7.32 Å². The molecule has 0 aromatic rings. The SMILES string of the molecule is CCCCCCCCCCCC[S-].OB(O)O.[La]. The van der Waals surface area contributed by atoms with E-state index in [1.165, 1.54) is 64.2 Å². The Morgan fingerprint density at radius 3 is 1.28 bits per heavy atom. The Bertz CT molecular complexity index is 119. The van der Waals surface area contributed by atoms with E-state index in [9.17, 15) is 0 Å². The molecule has 0 spiro atoms. The smallest absolute Gasteiger partial charge is 0.631 e. The van der Waals surface area contributed by atoms with E-state index < -0.39 is 7.32 Å². The van der Waals surface area contributed by atoms with E-state index in [0.29, 0.717) is 0 Å². The Balaban J connectivity index is -0.000000392. The summed E-state index contributed by atoms with van der Waals surface area (Å²) in [5.41, 5.74) is 0. The van der Waals surface area contributed by atoms with E-state index in [2.05, 4.69) is 6.92 Å². The van der Waals surface area contributed by atoms with Crippen molar-refractivity contribution in [3.63, 3.8) is 0 Å². The molecule has 18 heavy (non-hydrogen) atoms. The predicted molar refractivity (Wildman–Crippen MR) is 76.5 cm³/mol. The minimum absolute atomic E-state index is 0. The Morgan fingerprint density at radius 2 is 1.00 bits per heavy atom. The molecular weight excluding hydrogens is 374 g/mol. The molecule has 3 nitrogen and oxygen atoms in total. The summed E-state index contributed by atoms with van der Waals surface area (Å²) in [5, 5.41) is 21.5. The summed E-state index contributed by atoms with van der Waals surface area (Å²) in [6.07, 6.45) is 14.0. The zero-order valence-electron chi connectivity index (χ0n) is 11.7. The second-order valence-electron chi connectivity index (χ2n) is 4.23. The van der Waals surface area contributed by atoms with Gasteiger partial charge in [0.1, 0.15) is 0 Å². The summed E-state index contributed by atoms with van der Waals surface area (Å²) in [7, 11) is -2.17. The van der Waals surface area contributed by atoms with E-state index in [-0.39, 0.29) is 35.6 Å². The molecule has 0 aromatic heterocycles. The van der Waals surface area contributed by atoms with Gasteiger partial charge in [-0.1, -0.05) is 71.1 Å². The molecule has 107 valence electrons. The van der Waals surface area contributed by atoms with Crippen LogP contribution in [-0.2, 0) is 12.6 Å². The molecule has 0 saturated heterocycles. The van der Waals surface area contributed by atoms with Crippen LogP contribution in [0.15, 0.2) is 0 Å². The van der Waals surface area contributed by atoms with Crippen molar-refractivity contribution in [2.45, 2.75) is 71.1 Å². The Hall–Kier alpha value is 1.49. The molecule has 0 unspecified atom stereocenters. The minimum Gasteiger partial charge on any atom is -0.793 e. The van der Waals surface area contributed by atoms with Crippen molar-refractivity contribution in [3.8, 4) is 0 Å².